The third-order valence-electron chi connectivity index (χ3n) is 5.51. The lowest BCUT2D eigenvalue weighted by Gasteiger charge is -2.27. The molecular formula is C23H20N2O4. The van der Waals surface area contributed by atoms with Crippen molar-refractivity contribution in [2.45, 2.75) is 12.0 Å². The van der Waals surface area contributed by atoms with Crippen LogP contribution in [0.2, 0.25) is 0 Å². The van der Waals surface area contributed by atoms with Crippen molar-refractivity contribution in [2.75, 3.05) is 12.0 Å². The summed E-state index contributed by atoms with van der Waals surface area (Å²) in [4.78, 5) is 45.6. The molecule has 2 aliphatic rings. The number of amides is 2. The van der Waals surface area contributed by atoms with Crippen molar-refractivity contribution in [1.82, 2.24) is 0 Å². The lowest BCUT2D eigenvalue weighted by molar-refractivity contribution is -0.150. The molecule has 0 aliphatic carbocycles. The summed E-state index contributed by atoms with van der Waals surface area (Å²) in [6.45, 7) is 3.73. The second-order valence-electron chi connectivity index (χ2n) is 7.07. The van der Waals surface area contributed by atoms with E-state index < -0.39 is 29.3 Å². The van der Waals surface area contributed by atoms with E-state index in [2.05, 4.69) is 11.6 Å². The number of methoxy groups -OCH3 is 1. The van der Waals surface area contributed by atoms with Gasteiger partial charge in [0.1, 0.15) is 0 Å². The number of rotatable bonds is 5. The standard InChI is InChI=1S/C23H20N2O4/c1-3-14-23(22(28)29-2)18-17(19(24-23)15-10-6-4-7-11-15)20(26)25(21(18)27)16-12-8-5-9-13-16/h3-13,17-18H,1,14H2,2H3/t17-,18-,23+/m0/s1. The number of hydrogen-bond acceptors (Lipinski definition) is 5. The summed E-state index contributed by atoms with van der Waals surface area (Å²) in [7, 11) is 1.26. The molecule has 2 amide bonds. The van der Waals surface area contributed by atoms with Gasteiger partial charge in [-0.25, -0.2) is 9.69 Å². The van der Waals surface area contributed by atoms with Crippen LogP contribution in [0.1, 0.15) is 12.0 Å². The fourth-order valence-corrected chi connectivity index (χ4v) is 4.29. The van der Waals surface area contributed by atoms with Gasteiger partial charge in [-0.3, -0.25) is 14.6 Å². The highest BCUT2D eigenvalue weighted by Crippen LogP contribution is 2.48. The van der Waals surface area contributed by atoms with Crippen molar-refractivity contribution in [3.8, 4) is 0 Å². The first kappa shape index (κ1) is 18.8. The number of fused-ring (bicyclic) bond motifs is 1. The molecule has 3 atom stereocenters. The molecule has 29 heavy (non-hydrogen) atoms. The molecule has 0 aromatic heterocycles. The van der Waals surface area contributed by atoms with Gasteiger partial charge in [-0.05, 0) is 17.7 Å². The lowest BCUT2D eigenvalue weighted by atomic mass is 9.76. The fraction of sp³-hybridized carbons (Fsp3) is 0.217. The number of benzene rings is 2. The van der Waals surface area contributed by atoms with Gasteiger partial charge in [0.25, 0.3) is 0 Å². The molecule has 6 heteroatoms. The minimum absolute atomic E-state index is 0.0961. The average molecular weight is 388 g/mol. The van der Waals surface area contributed by atoms with Crippen LogP contribution < -0.4 is 4.90 Å². The van der Waals surface area contributed by atoms with Crippen molar-refractivity contribution >= 4 is 29.2 Å². The fourth-order valence-electron chi connectivity index (χ4n) is 4.29. The molecule has 146 valence electrons. The summed E-state index contributed by atoms with van der Waals surface area (Å²) in [5.74, 6) is -3.31. The highest BCUT2D eigenvalue weighted by atomic mass is 16.5. The van der Waals surface area contributed by atoms with Crippen LogP contribution in [0.25, 0.3) is 0 Å². The Bertz CT molecular complexity index is 1020. The minimum atomic E-state index is -1.51. The Labute approximate surface area is 168 Å². The van der Waals surface area contributed by atoms with E-state index in [0.29, 0.717) is 17.0 Å². The lowest BCUT2D eigenvalue weighted by Crippen LogP contribution is -2.47. The molecule has 4 rings (SSSR count). The predicted octanol–water partition coefficient (Wildman–Crippen LogP) is 2.78. The summed E-state index contributed by atoms with van der Waals surface area (Å²) in [6, 6.07) is 17.9. The summed E-state index contributed by atoms with van der Waals surface area (Å²) < 4.78 is 5.03. The van der Waals surface area contributed by atoms with Crippen LogP contribution >= 0.6 is 0 Å². The van der Waals surface area contributed by atoms with Crippen molar-refractivity contribution in [3.05, 3.63) is 78.9 Å². The van der Waals surface area contributed by atoms with Gasteiger partial charge in [-0.15, -0.1) is 6.58 Å². The number of esters is 1. The van der Waals surface area contributed by atoms with Gasteiger partial charge in [0.05, 0.1) is 30.3 Å². The maximum atomic E-state index is 13.5. The summed E-state index contributed by atoms with van der Waals surface area (Å²) >= 11 is 0. The zero-order chi connectivity index (χ0) is 20.6. The van der Waals surface area contributed by atoms with Crippen molar-refractivity contribution in [2.24, 2.45) is 16.8 Å². The van der Waals surface area contributed by atoms with Crippen molar-refractivity contribution in [3.63, 3.8) is 0 Å². The monoisotopic (exact) mass is 388 g/mol. The van der Waals surface area contributed by atoms with Crippen molar-refractivity contribution < 1.29 is 19.1 Å². The van der Waals surface area contributed by atoms with E-state index >= 15 is 0 Å². The number of para-hydroxylation sites is 1. The van der Waals surface area contributed by atoms with Crippen LogP contribution in [0.15, 0.2) is 78.3 Å². The van der Waals surface area contributed by atoms with E-state index in [9.17, 15) is 14.4 Å². The maximum Gasteiger partial charge on any atom is 0.334 e. The van der Waals surface area contributed by atoms with E-state index in [4.69, 9.17) is 4.74 Å². The topological polar surface area (TPSA) is 76.0 Å². The molecule has 0 bridgehead atoms. The predicted molar refractivity (Wildman–Crippen MR) is 108 cm³/mol. The number of ether oxygens (including phenoxy) is 1. The van der Waals surface area contributed by atoms with E-state index in [-0.39, 0.29) is 12.3 Å². The van der Waals surface area contributed by atoms with Gasteiger partial charge in [-0.2, -0.15) is 0 Å². The SMILES string of the molecule is C=CC[C@@]1(C(=O)OC)N=C(c2ccccc2)[C@H]2C(=O)N(c3ccccc3)C(=O)[C@H]21. The summed E-state index contributed by atoms with van der Waals surface area (Å²) in [5, 5.41) is 0. The zero-order valence-electron chi connectivity index (χ0n) is 15.9. The first-order valence-corrected chi connectivity index (χ1v) is 9.32. The van der Waals surface area contributed by atoms with Crippen molar-refractivity contribution in [1.29, 1.82) is 0 Å². The third kappa shape index (κ3) is 2.71. The number of carbonyl (C=O) groups is 3. The van der Waals surface area contributed by atoms with Crippen LogP contribution in [-0.4, -0.2) is 36.1 Å². The molecule has 0 saturated carbocycles. The Balaban J connectivity index is 1.92. The Morgan fingerprint density at radius 1 is 1.10 bits per heavy atom. The molecule has 2 aliphatic heterocycles. The number of carbonyl (C=O) groups excluding carboxylic acids is 3. The van der Waals surface area contributed by atoms with Gasteiger partial charge < -0.3 is 4.74 Å². The smallest absolute Gasteiger partial charge is 0.334 e. The number of anilines is 1. The second-order valence-corrected chi connectivity index (χ2v) is 7.07. The molecule has 0 unspecified atom stereocenters. The Morgan fingerprint density at radius 2 is 1.72 bits per heavy atom. The highest BCUT2D eigenvalue weighted by molar-refractivity contribution is 6.33. The number of aliphatic imine (C=N–C) groups is 1. The molecule has 0 radical (unpaired) electrons. The van der Waals surface area contributed by atoms with Crippen LogP contribution in [0, 0.1) is 11.8 Å². The van der Waals surface area contributed by atoms with Gasteiger partial charge in [-0.1, -0.05) is 54.6 Å². The molecule has 1 fully saturated rings. The average Bonchev–Trinajstić information content (AvgIpc) is 3.23. The van der Waals surface area contributed by atoms with Crippen LogP contribution in [0.4, 0.5) is 5.69 Å². The van der Waals surface area contributed by atoms with Crippen LogP contribution in [0.3, 0.4) is 0 Å². The third-order valence-corrected chi connectivity index (χ3v) is 5.51. The molecule has 1 saturated heterocycles. The van der Waals surface area contributed by atoms with Gasteiger partial charge >= 0.3 is 5.97 Å². The number of imide groups is 1. The molecule has 0 spiro atoms. The highest BCUT2D eigenvalue weighted by Gasteiger charge is 2.66. The van der Waals surface area contributed by atoms with E-state index in [0.717, 1.165) is 4.90 Å². The molecule has 2 aromatic rings. The molecule has 0 N–H and O–H groups in total. The second kappa shape index (κ2) is 7.13. The van der Waals surface area contributed by atoms with Crippen LogP contribution in [-0.2, 0) is 19.1 Å². The molecule has 2 heterocycles. The largest absolute Gasteiger partial charge is 0.467 e. The van der Waals surface area contributed by atoms with E-state index in [1.165, 1.54) is 13.2 Å². The van der Waals surface area contributed by atoms with Gasteiger partial charge in [0, 0.05) is 6.42 Å². The molecular weight excluding hydrogens is 368 g/mol. The summed E-state index contributed by atoms with van der Waals surface area (Å²) in [5.41, 5.74) is 0.0949. The molecule has 2 aromatic carbocycles. The van der Waals surface area contributed by atoms with Gasteiger partial charge in [0.15, 0.2) is 5.54 Å². The Morgan fingerprint density at radius 3 is 2.31 bits per heavy atom. The quantitative estimate of drug-likeness (QED) is 0.448. The zero-order valence-corrected chi connectivity index (χ0v) is 15.9. The summed E-state index contributed by atoms with van der Waals surface area (Å²) in [6.07, 6.45) is 1.63. The number of nitrogens with zero attached hydrogens (tertiary/aromatic N) is 2. The van der Waals surface area contributed by atoms with Crippen LogP contribution in [0.5, 0.6) is 0 Å². The van der Waals surface area contributed by atoms with E-state index in [1.807, 2.05) is 36.4 Å². The van der Waals surface area contributed by atoms with E-state index in [1.54, 1.807) is 24.3 Å². The minimum Gasteiger partial charge on any atom is -0.467 e. The normalized spacial score (nSPS) is 25.6. The van der Waals surface area contributed by atoms with Gasteiger partial charge in [0.2, 0.25) is 11.8 Å². The first-order valence-electron chi connectivity index (χ1n) is 9.32. The Hall–Kier alpha value is -3.54. The number of hydrogen-bond donors (Lipinski definition) is 0. The molecule has 6 nitrogen and oxygen atoms in total. The first-order chi connectivity index (χ1) is 14.0. The maximum absolute atomic E-state index is 13.5. The Kier molecular flexibility index (Phi) is 4.62.